The van der Waals surface area contributed by atoms with Crippen LogP contribution in [0.25, 0.3) is 11.0 Å². The number of aromatic nitrogens is 4. The van der Waals surface area contributed by atoms with Crippen molar-refractivity contribution in [2.24, 2.45) is 5.92 Å². The van der Waals surface area contributed by atoms with E-state index >= 15 is 0 Å². The molecular weight excluding hydrogens is 384 g/mol. The molecule has 1 saturated carbocycles. The lowest BCUT2D eigenvalue weighted by molar-refractivity contribution is -0.122. The molecule has 0 radical (unpaired) electrons. The SMILES string of the molecule is CCCNc1nc(SCCC)nc2c1cnn2CCNC(=O)CC1CCCCC1. The first kappa shape index (κ1) is 21.9. The van der Waals surface area contributed by atoms with Crippen molar-refractivity contribution >= 4 is 34.5 Å². The first-order valence-corrected chi connectivity index (χ1v) is 12.1. The predicted octanol–water partition coefficient (Wildman–Crippen LogP) is 4.24. The first-order chi connectivity index (χ1) is 14.2. The Morgan fingerprint density at radius 2 is 2.00 bits per heavy atom. The zero-order valence-corrected chi connectivity index (χ0v) is 18.6. The molecule has 2 aromatic rings. The van der Waals surface area contributed by atoms with Gasteiger partial charge in [-0.1, -0.05) is 44.9 Å². The van der Waals surface area contributed by atoms with E-state index in [0.29, 0.717) is 25.4 Å². The van der Waals surface area contributed by atoms with Crippen molar-refractivity contribution in [2.75, 3.05) is 24.2 Å². The van der Waals surface area contributed by atoms with Crippen LogP contribution < -0.4 is 10.6 Å². The van der Waals surface area contributed by atoms with E-state index in [9.17, 15) is 4.79 Å². The fourth-order valence-corrected chi connectivity index (χ4v) is 4.46. The minimum Gasteiger partial charge on any atom is -0.369 e. The summed E-state index contributed by atoms with van der Waals surface area (Å²) in [6, 6.07) is 0. The lowest BCUT2D eigenvalue weighted by atomic mass is 9.87. The number of nitrogens with one attached hydrogen (secondary N) is 2. The zero-order chi connectivity index (χ0) is 20.5. The van der Waals surface area contributed by atoms with Crippen LogP contribution in [0.15, 0.2) is 11.4 Å². The van der Waals surface area contributed by atoms with Crippen LogP contribution in [0.3, 0.4) is 0 Å². The van der Waals surface area contributed by atoms with Crippen LogP contribution in [0.4, 0.5) is 5.82 Å². The predicted molar refractivity (Wildman–Crippen MR) is 119 cm³/mol. The average molecular weight is 419 g/mol. The Kier molecular flexibility index (Phi) is 8.58. The highest BCUT2D eigenvalue weighted by atomic mass is 32.2. The van der Waals surface area contributed by atoms with Crippen LogP contribution in [-0.2, 0) is 11.3 Å². The maximum Gasteiger partial charge on any atom is 0.220 e. The number of fused-ring (bicyclic) bond motifs is 1. The van der Waals surface area contributed by atoms with Gasteiger partial charge in [0.1, 0.15) is 5.82 Å². The molecular formula is C21H34N6OS. The average Bonchev–Trinajstić information content (AvgIpc) is 3.14. The molecule has 0 unspecified atom stereocenters. The van der Waals surface area contributed by atoms with Crippen molar-refractivity contribution in [3.63, 3.8) is 0 Å². The molecule has 160 valence electrons. The largest absolute Gasteiger partial charge is 0.369 e. The third-order valence-corrected chi connectivity index (χ3v) is 6.35. The summed E-state index contributed by atoms with van der Waals surface area (Å²) in [7, 11) is 0. The van der Waals surface area contributed by atoms with E-state index in [4.69, 9.17) is 4.98 Å². The van der Waals surface area contributed by atoms with Crippen LogP contribution in [0, 0.1) is 5.92 Å². The Bertz CT molecular complexity index is 787. The fraction of sp³-hybridized carbons (Fsp3) is 0.714. The lowest BCUT2D eigenvalue weighted by Gasteiger charge is -2.20. The number of carbonyl (C=O) groups excluding carboxylic acids is 1. The van der Waals surface area contributed by atoms with Crippen molar-refractivity contribution in [2.45, 2.75) is 76.9 Å². The molecule has 0 saturated heterocycles. The molecule has 7 nitrogen and oxygen atoms in total. The van der Waals surface area contributed by atoms with E-state index in [1.807, 2.05) is 10.9 Å². The van der Waals surface area contributed by atoms with Gasteiger partial charge in [0.05, 0.1) is 18.1 Å². The number of hydrogen-bond acceptors (Lipinski definition) is 6. The maximum atomic E-state index is 12.3. The lowest BCUT2D eigenvalue weighted by Crippen LogP contribution is -2.29. The molecule has 0 spiro atoms. The number of carbonyl (C=O) groups is 1. The highest BCUT2D eigenvalue weighted by Crippen LogP contribution is 2.26. The van der Waals surface area contributed by atoms with E-state index in [0.717, 1.165) is 47.1 Å². The van der Waals surface area contributed by atoms with Gasteiger partial charge in [0.2, 0.25) is 5.91 Å². The second kappa shape index (κ2) is 11.4. The number of amides is 1. The highest BCUT2D eigenvalue weighted by Gasteiger charge is 2.17. The van der Waals surface area contributed by atoms with Crippen molar-refractivity contribution in [1.82, 2.24) is 25.1 Å². The molecule has 1 aliphatic rings. The molecule has 2 N–H and O–H groups in total. The van der Waals surface area contributed by atoms with Gasteiger partial charge >= 0.3 is 0 Å². The molecule has 0 aromatic carbocycles. The summed E-state index contributed by atoms with van der Waals surface area (Å²) in [5, 5.41) is 12.7. The van der Waals surface area contributed by atoms with E-state index < -0.39 is 0 Å². The van der Waals surface area contributed by atoms with Crippen molar-refractivity contribution in [3.05, 3.63) is 6.20 Å². The van der Waals surface area contributed by atoms with Crippen LogP contribution in [0.1, 0.15) is 65.2 Å². The summed E-state index contributed by atoms with van der Waals surface area (Å²) < 4.78 is 1.88. The van der Waals surface area contributed by atoms with Crippen molar-refractivity contribution in [3.8, 4) is 0 Å². The van der Waals surface area contributed by atoms with Gasteiger partial charge in [0.15, 0.2) is 10.8 Å². The summed E-state index contributed by atoms with van der Waals surface area (Å²) in [5.41, 5.74) is 0.832. The molecule has 1 fully saturated rings. The first-order valence-electron chi connectivity index (χ1n) is 11.1. The van der Waals surface area contributed by atoms with Crippen molar-refractivity contribution in [1.29, 1.82) is 0 Å². The number of thioether (sulfide) groups is 1. The van der Waals surface area contributed by atoms with Gasteiger partial charge in [-0.2, -0.15) is 5.10 Å². The van der Waals surface area contributed by atoms with E-state index in [-0.39, 0.29) is 5.91 Å². The minimum atomic E-state index is 0.160. The fourth-order valence-electron chi connectivity index (χ4n) is 3.76. The van der Waals surface area contributed by atoms with Gasteiger partial charge in [-0.3, -0.25) is 4.79 Å². The van der Waals surface area contributed by atoms with Gasteiger partial charge in [-0.05, 0) is 31.6 Å². The second-order valence-corrected chi connectivity index (χ2v) is 8.86. The van der Waals surface area contributed by atoms with Gasteiger partial charge in [-0.15, -0.1) is 0 Å². The normalized spacial score (nSPS) is 15.0. The topological polar surface area (TPSA) is 84.7 Å². The van der Waals surface area contributed by atoms with E-state index in [2.05, 4.69) is 34.6 Å². The molecule has 0 atom stereocenters. The molecule has 0 aliphatic heterocycles. The molecule has 8 heteroatoms. The molecule has 2 heterocycles. The van der Waals surface area contributed by atoms with Gasteiger partial charge in [-0.25, -0.2) is 14.6 Å². The van der Waals surface area contributed by atoms with Gasteiger partial charge in [0, 0.05) is 25.3 Å². The molecule has 3 rings (SSSR count). The third kappa shape index (κ3) is 6.32. The third-order valence-electron chi connectivity index (χ3n) is 5.30. The quantitative estimate of drug-likeness (QED) is 0.419. The van der Waals surface area contributed by atoms with Crippen LogP contribution >= 0.6 is 11.8 Å². The summed E-state index contributed by atoms with van der Waals surface area (Å²) in [5.74, 6) is 2.56. The number of nitrogens with zero attached hydrogens (tertiary/aromatic N) is 4. The Labute approximate surface area is 177 Å². The van der Waals surface area contributed by atoms with Crippen LogP contribution in [0.2, 0.25) is 0 Å². The second-order valence-electron chi connectivity index (χ2n) is 7.79. The van der Waals surface area contributed by atoms with Crippen LogP contribution in [0.5, 0.6) is 0 Å². The van der Waals surface area contributed by atoms with Crippen molar-refractivity contribution < 1.29 is 4.79 Å². The number of rotatable bonds is 11. The van der Waals surface area contributed by atoms with Gasteiger partial charge < -0.3 is 10.6 Å². The molecule has 1 aliphatic carbocycles. The molecule has 2 aromatic heterocycles. The summed E-state index contributed by atoms with van der Waals surface area (Å²) in [4.78, 5) is 21.7. The summed E-state index contributed by atoms with van der Waals surface area (Å²) in [6.45, 7) is 6.34. The highest BCUT2D eigenvalue weighted by molar-refractivity contribution is 7.99. The van der Waals surface area contributed by atoms with E-state index in [1.165, 1.54) is 32.1 Å². The number of anilines is 1. The molecule has 1 amide bonds. The Balaban J connectivity index is 1.62. The Morgan fingerprint density at radius 3 is 2.76 bits per heavy atom. The molecule has 0 bridgehead atoms. The maximum absolute atomic E-state index is 12.3. The monoisotopic (exact) mass is 418 g/mol. The summed E-state index contributed by atoms with van der Waals surface area (Å²) >= 11 is 1.67. The smallest absolute Gasteiger partial charge is 0.220 e. The van der Waals surface area contributed by atoms with Gasteiger partial charge in [0.25, 0.3) is 0 Å². The minimum absolute atomic E-state index is 0.160. The Hall–Kier alpha value is -1.83. The summed E-state index contributed by atoms with van der Waals surface area (Å²) in [6.07, 6.45) is 10.8. The number of hydrogen-bond donors (Lipinski definition) is 2. The Morgan fingerprint density at radius 1 is 1.17 bits per heavy atom. The molecule has 29 heavy (non-hydrogen) atoms. The van der Waals surface area contributed by atoms with Crippen LogP contribution in [-0.4, -0.2) is 44.5 Å². The van der Waals surface area contributed by atoms with E-state index in [1.54, 1.807) is 11.8 Å². The zero-order valence-electron chi connectivity index (χ0n) is 17.7. The standard InChI is InChI=1S/C21H34N6OS/c1-3-10-23-19-17-15-24-27(20(17)26-21(25-19)29-13-4-2)12-11-22-18(28)14-16-8-6-5-7-9-16/h15-16H,3-14H2,1-2H3,(H,22,28)(H,23,25,26).